The Morgan fingerprint density at radius 2 is 1.84 bits per heavy atom. The molecule has 0 saturated heterocycles. The average molecular weight is 534 g/mol. The maximum Gasteiger partial charge on any atom is 0.416 e. The molecule has 2 aromatic carbocycles. The van der Waals surface area contributed by atoms with Crippen LogP contribution in [0.15, 0.2) is 42.5 Å². The van der Waals surface area contributed by atoms with E-state index < -0.39 is 35.2 Å². The van der Waals surface area contributed by atoms with Gasteiger partial charge in [-0.2, -0.15) is 13.2 Å². The molecule has 1 aliphatic heterocycles. The molecule has 1 aliphatic rings. The number of fused-ring (bicyclic) bond motifs is 1. The molecule has 1 aromatic heterocycles. The lowest BCUT2D eigenvalue weighted by Gasteiger charge is -2.37. The van der Waals surface area contributed by atoms with Crippen molar-refractivity contribution in [1.29, 1.82) is 0 Å². The van der Waals surface area contributed by atoms with Crippen molar-refractivity contribution in [3.8, 4) is 10.6 Å². The minimum Gasteiger partial charge on any atom is -0.465 e. The average Bonchev–Trinajstić information content (AvgIpc) is 3.41. The summed E-state index contributed by atoms with van der Waals surface area (Å²) in [6.45, 7) is 5.85. The van der Waals surface area contributed by atoms with E-state index in [1.54, 1.807) is 0 Å². The van der Waals surface area contributed by atoms with Crippen LogP contribution in [0.25, 0.3) is 10.6 Å². The minimum absolute atomic E-state index is 0.0646. The Balaban J connectivity index is 1.54. The van der Waals surface area contributed by atoms with Gasteiger partial charge in [0.25, 0.3) is 0 Å². The van der Waals surface area contributed by atoms with E-state index >= 15 is 0 Å². The van der Waals surface area contributed by atoms with E-state index in [2.05, 4.69) is 26.1 Å². The van der Waals surface area contributed by atoms with Crippen molar-refractivity contribution in [2.45, 2.75) is 45.3 Å². The molecule has 3 aromatic rings. The zero-order valence-electron chi connectivity index (χ0n) is 20.3. The fourth-order valence-electron chi connectivity index (χ4n) is 4.60. The molecule has 196 valence electrons. The molecule has 0 spiro atoms. The van der Waals surface area contributed by atoms with E-state index in [0.717, 1.165) is 28.9 Å². The van der Waals surface area contributed by atoms with Gasteiger partial charge in [-0.05, 0) is 46.9 Å². The third-order valence-corrected chi connectivity index (χ3v) is 7.05. The Labute approximate surface area is 215 Å². The van der Waals surface area contributed by atoms with Crippen molar-refractivity contribution in [2.75, 3.05) is 17.2 Å². The lowest BCUT2D eigenvalue weighted by Crippen LogP contribution is -2.47. The summed E-state index contributed by atoms with van der Waals surface area (Å²) in [5.74, 6) is -0.516. The molecule has 0 aliphatic carbocycles. The highest BCUT2D eigenvalue weighted by atomic mass is 32.1. The van der Waals surface area contributed by atoms with Crippen molar-refractivity contribution >= 4 is 34.2 Å². The van der Waals surface area contributed by atoms with Crippen LogP contribution < -0.4 is 16.0 Å². The van der Waals surface area contributed by atoms with Crippen LogP contribution in [0.5, 0.6) is 0 Å². The number of nitrogens with zero attached hydrogens (tertiary/aromatic N) is 2. The van der Waals surface area contributed by atoms with E-state index in [0.29, 0.717) is 22.1 Å². The molecule has 1 unspecified atom stereocenters. The van der Waals surface area contributed by atoms with Crippen LogP contribution in [0.2, 0.25) is 0 Å². The highest BCUT2D eigenvalue weighted by molar-refractivity contribution is 7.18. The fraction of sp³-hybridized carbons (Fsp3) is 0.360. The van der Waals surface area contributed by atoms with Crippen LogP contribution in [-0.2, 0) is 17.4 Å². The highest BCUT2D eigenvalue weighted by Crippen LogP contribution is 2.40. The quantitative estimate of drug-likeness (QED) is 0.314. The Morgan fingerprint density at radius 3 is 2.46 bits per heavy atom. The number of carboxylic acid groups (broad SMARTS) is 1. The van der Waals surface area contributed by atoms with Gasteiger partial charge >= 0.3 is 12.3 Å². The number of carbonyl (C=O) groups excluding carboxylic acids is 1. The zero-order valence-corrected chi connectivity index (χ0v) is 21.1. The molecule has 2 heterocycles. The summed E-state index contributed by atoms with van der Waals surface area (Å²) in [5, 5.41) is 27.4. The summed E-state index contributed by atoms with van der Waals surface area (Å²) in [7, 11) is 0. The zero-order chi connectivity index (χ0) is 27.0. The molecule has 12 heteroatoms. The van der Waals surface area contributed by atoms with Gasteiger partial charge in [-0.3, -0.25) is 4.79 Å². The molecule has 0 saturated carbocycles. The SMILES string of the molecule is CC(C)(C)[C@@H](c1ccc(C(F)(F)F)cc1)C(CNc1nnc(-c2ccc3c(c2)CC(=O)N3)s1)NC(=O)O. The monoisotopic (exact) mass is 533 g/mol. The first-order valence-corrected chi connectivity index (χ1v) is 12.3. The van der Waals surface area contributed by atoms with Crippen molar-refractivity contribution in [3.63, 3.8) is 0 Å². The number of halogens is 3. The number of nitrogens with one attached hydrogen (secondary N) is 3. The summed E-state index contributed by atoms with van der Waals surface area (Å²) < 4.78 is 39.2. The first-order valence-electron chi connectivity index (χ1n) is 11.5. The van der Waals surface area contributed by atoms with Gasteiger partial charge in [-0.15, -0.1) is 10.2 Å². The van der Waals surface area contributed by atoms with Gasteiger partial charge in [-0.25, -0.2) is 4.79 Å². The van der Waals surface area contributed by atoms with Crippen LogP contribution in [-0.4, -0.2) is 39.9 Å². The van der Waals surface area contributed by atoms with Crippen molar-refractivity contribution in [2.24, 2.45) is 5.41 Å². The van der Waals surface area contributed by atoms with Gasteiger partial charge in [0.05, 0.1) is 18.0 Å². The number of hydrogen-bond acceptors (Lipinski definition) is 6. The normalized spacial score (nSPS) is 15.0. The maximum absolute atomic E-state index is 13.1. The summed E-state index contributed by atoms with van der Waals surface area (Å²) in [6, 6.07) is 9.66. The molecule has 0 bridgehead atoms. The third-order valence-electron chi connectivity index (χ3n) is 6.12. The van der Waals surface area contributed by atoms with E-state index in [-0.39, 0.29) is 12.5 Å². The summed E-state index contributed by atoms with van der Waals surface area (Å²) in [4.78, 5) is 23.3. The number of carbonyl (C=O) groups is 2. The van der Waals surface area contributed by atoms with Crippen LogP contribution in [0, 0.1) is 5.41 Å². The predicted molar refractivity (Wildman–Crippen MR) is 135 cm³/mol. The topological polar surface area (TPSA) is 116 Å². The van der Waals surface area contributed by atoms with Gasteiger partial charge in [0.2, 0.25) is 11.0 Å². The molecular weight excluding hydrogens is 507 g/mol. The second-order valence-corrected chi connectivity index (χ2v) is 10.9. The number of benzene rings is 2. The largest absolute Gasteiger partial charge is 0.465 e. The summed E-state index contributed by atoms with van der Waals surface area (Å²) in [5.41, 5.74) is 1.78. The molecule has 37 heavy (non-hydrogen) atoms. The third kappa shape index (κ3) is 6.19. The molecule has 4 N–H and O–H groups in total. The molecular formula is C25H26F3N5O3S. The van der Waals surface area contributed by atoms with Gasteiger partial charge in [0.15, 0.2) is 0 Å². The number of alkyl halides is 3. The summed E-state index contributed by atoms with van der Waals surface area (Å²) in [6.07, 6.45) is -5.41. The number of hydrogen-bond donors (Lipinski definition) is 4. The van der Waals surface area contributed by atoms with Crippen molar-refractivity contribution < 1.29 is 27.9 Å². The first-order chi connectivity index (χ1) is 17.3. The van der Waals surface area contributed by atoms with Crippen molar-refractivity contribution in [3.05, 3.63) is 59.2 Å². The van der Waals surface area contributed by atoms with Gasteiger partial charge in [0, 0.05) is 23.7 Å². The summed E-state index contributed by atoms with van der Waals surface area (Å²) >= 11 is 1.27. The van der Waals surface area contributed by atoms with Crippen LogP contribution in [0.3, 0.4) is 0 Å². The highest BCUT2D eigenvalue weighted by Gasteiger charge is 2.36. The number of aromatic nitrogens is 2. The molecule has 2 amide bonds. The molecule has 4 rings (SSSR count). The minimum atomic E-state index is -4.46. The van der Waals surface area contributed by atoms with Gasteiger partial charge < -0.3 is 21.1 Å². The molecule has 8 nitrogen and oxygen atoms in total. The smallest absolute Gasteiger partial charge is 0.416 e. The van der Waals surface area contributed by atoms with Crippen LogP contribution in [0.4, 0.5) is 28.8 Å². The Bertz CT molecular complexity index is 1300. The Morgan fingerprint density at radius 1 is 1.14 bits per heavy atom. The van der Waals surface area contributed by atoms with E-state index in [1.165, 1.54) is 23.5 Å². The maximum atomic E-state index is 13.1. The lowest BCUT2D eigenvalue weighted by atomic mass is 9.72. The standard InChI is InChI=1S/C25H26F3N5O3S/c1-24(2,3)20(13-4-7-16(8-5-13)25(26,27)28)18(31-23(35)36)12-29-22-33-32-21(37-22)14-6-9-17-15(10-14)11-19(34)30-17/h4-10,18,20,31H,11-12H2,1-3H3,(H,29,33)(H,30,34)(H,35,36)/t18?,20-/m0/s1. The molecule has 2 atom stereocenters. The first kappa shape index (κ1) is 26.4. The van der Waals surface area contributed by atoms with Crippen molar-refractivity contribution in [1.82, 2.24) is 15.5 Å². The fourth-order valence-corrected chi connectivity index (χ4v) is 5.34. The van der Waals surface area contributed by atoms with Crippen LogP contribution in [0.1, 0.15) is 43.4 Å². The van der Waals surface area contributed by atoms with E-state index in [1.807, 2.05) is 39.0 Å². The van der Waals surface area contributed by atoms with Gasteiger partial charge in [0.1, 0.15) is 5.01 Å². The Kier molecular flexibility index (Phi) is 7.13. The second-order valence-electron chi connectivity index (χ2n) is 9.91. The number of rotatable bonds is 7. The van der Waals surface area contributed by atoms with E-state index in [9.17, 15) is 27.9 Å². The number of anilines is 2. The molecule has 0 fully saturated rings. The Hall–Kier alpha value is -3.67. The van der Waals surface area contributed by atoms with E-state index in [4.69, 9.17) is 0 Å². The van der Waals surface area contributed by atoms with Gasteiger partial charge in [-0.1, -0.05) is 44.2 Å². The molecule has 0 radical (unpaired) electrons. The second kappa shape index (κ2) is 10.0. The lowest BCUT2D eigenvalue weighted by molar-refractivity contribution is -0.137. The predicted octanol–water partition coefficient (Wildman–Crippen LogP) is 5.60. The number of amides is 2. The van der Waals surface area contributed by atoms with Crippen LogP contribution >= 0.6 is 11.3 Å².